The number of rotatable bonds is 14. The van der Waals surface area contributed by atoms with Crippen molar-refractivity contribution < 1.29 is 13.9 Å². The molecular formula is C28H35FN2O2. The van der Waals surface area contributed by atoms with Crippen molar-refractivity contribution in [3.63, 3.8) is 0 Å². The molecule has 0 aliphatic carbocycles. The van der Waals surface area contributed by atoms with Crippen LogP contribution >= 0.6 is 0 Å². The van der Waals surface area contributed by atoms with Gasteiger partial charge in [0.2, 0.25) is 0 Å². The molecule has 2 aromatic carbocycles. The van der Waals surface area contributed by atoms with Crippen molar-refractivity contribution in [1.29, 1.82) is 0 Å². The lowest BCUT2D eigenvalue weighted by atomic mass is 10.1. The average Bonchev–Trinajstić information content (AvgIpc) is 2.86. The van der Waals surface area contributed by atoms with E-state index in [0.29, 0.717) is 18.0 Å². The molecule has 0 amide bonds. The third-order valence-corrected chi connectivity index (χ3v) is 5.50. The zero-order valence-electron chi connectivity index (χ0n) is 19.8. The smallest absolute Gasteiger partial charge is 0.159 e. The zero-order chi connectivity index (χ0) is 23.3. The van der Waals surface area contributed by atoms with Crippen molar-refractivity contribution in [1.82, 2.24) is 9.97 Å². The van der Waals surface area contributed by atoms with Gasteiger partial charge in [-0.15, -0.1) is 0 Å². The second-order valence-electron chi connectivity index (χ2n) is 8.30. The zero-order valence-corrected chi connectivity index (χ0v) is 19.8. The molecule has 0 spiro atoms. The average molecular weight is 451 g/mol. The van der Waals surface area contributed by atoms with Gasteiger partial charge in [0, 0.05) is 23.5 Å². The van der Waals surface area contributed by atoms with Crippen LogP contribution in [0.5, 0.6) is 11.5 Å². The number of hydrogen-bond donors (Lipinski definition) is 0. The van der Waals surface area contributed by atoms with Gasteiger partial charge >= 0.3 is 0 Å². The second kappa shape index (κ2) is 13.6. The predicted molar refractivity (Wildman–Crippen MR) is 132 cm³/mol. The maximum atomic E-state index is 13.6. The molecule has 0 radical (unpaired) electrons. The number of alkyl halides is 1. The minimum atomic E-state index is -0.929. The summed E-state index contributed by atoms with van der Waals surface area (Å²) in [4.78, 5) is 9.04. The molecule has 1 unspecified atom stereocenters. The standard InChI is InChI=1S/C28H35FN2O2/c1-3-5-6-7-8-18-32-26-14-10-22(11-15-26)24-19-30-28(31-20-24)23-12-16-27(17-13-23)33-21-25(29)9-4-2/h10-17,19-20,25H,3-9,18,21H2,1-2H3. The molecule has 0 bridgehead atoms. The lowest BCUT2D eigenvalue weighted by molar-refractivity contribution is 0.186. The second-order valence-corrected chi connectivity index (χ2v) is 8.30. The van der Waals surface area contributed by atoms with Gasteiger partial charge in [-0.1, -0.05) is 58.1 Å². The number of ether oxygens (including phenoxy) is 2. The maximum absolute atomic E-state index is 13.6. The Morgan fingerprint density at radius 2 is 1.30 bits per heavy atom. The number of unbranched alkanes of at least 4 members (excludes halogenated alkanes) is 4. The molecule has 0 saturated carbocycles. The summed E-state index contributed by atoms with van der Waals surface area (Å²) < 4.78 is 24.9. The number of aromatic nitrogens is 2. The molecule has 3 rings (SSSR count). The van der Waals surface area contributed by atoms with Crippen LogP contribution in [0.4, 0.5) is 4.39 Å². The summed E-state index contributed by atoms with van der Waals surface area (Å²) >= 11 is 0. The van der Waals surface area contributed by atoms with Crippen LogP contribution in [0.3, 0.4) is 0 Å². The van der Waals surface area contributed by atoms with E-state index in [9.17, 15) is 4.39 Å². The first-order valence-electron chi connectivity index (χ1n) is 12.1. The largest absolute Gasteiger partial charge is 0.494 e. The molecule has 176 valence electrons. The highest BCUT2D eigenvalue weighted by Crippen LogP contribution is 2.24. The first-order valence-corrected chi connectivity index (χ1v) is 12.1. The van der Waals surface area contributed by atoms with Crippen molar-refractivity contribution in [2.75, 3.05) is 13.2 Å². The molecule has 4 nitrogen and oxygen atoms in total. The van der Waals surface area contributed by atoms with Gasteiger partial charge in [-0.25, -0.2) is 14.4 Å². The number of benzene rings is 2. The fourth-order valence-electron chi connectivity index (χ4n) is 3.55. The van der Waals surface area contributed by atoms with E-state index in [0.717, 1.165) is 41.9 Å². The van der Waals surface area contributed by atoms with Crippen LogP contribution in [0.15, 0.2) is 60.9 Å². The van der Waals surface area contributed by atoms with Crippen LogP contribution in [0, 0.1) is 0 Å². The molecule has 0 aliphatic rings. The van der Waals surface area contributed by atoms with Gasteiger partial charge in [0.15, 0.2) is 5.82 Å². The van der Waals surface area contributed by atoms with Crippen LogP contribution in [0.25, 0.3) is 22.5 Å². The van der Waals surface area contributed by atoms with Gasteiger partial charge in [0.1, 0.15) is 24.3 Å². The number of halogens is 1. The normalized spacial score (nSPS) is 11.8. The number of hydrogen-bond acceptors (Lipinski definition) is 4. The lowest BCUT2D eigenvalue weighted by Gasteiger charge is -2.10. The third-order valence-electron chi connectivity index (χ3n) is 5.50. The van der Waals surface area contributed by atoms with Gasteiger partial charge in [0.05, 0.1) is 6.61 Å². The van der Waals surface area contributed by atoms with Crippen molar-refractivity contribution in [2.24, 2.45) is 0 Å². The molecule has 33 heavy (non-hydrogen) atoms. The molecule has 1 aromatic heterocycles. The molecular weight excluding hydrogens is 415 g/mol. The summed E-state index contributed by atoms with van der Waals surface area (Å²) in [6, 6.07) is 15.5. The van der Waals surface area contributed by atoms with Gasteiger partial charge < -0.3 is 9.47 Å². The Morgan fingerprint density at radius 3 is 1.94 bits per heavy atom. The molecule has 1 heterocycles. The predicted octanol–water partition coefficient (Wildman–Crippen LogP) is 7.68. The Bertz CT molecular complexity index is 928. The van der Waals surface area contributed by atoms with E-state index in [-0.39, 0.29) is 6.61 Å². The van der Waals surface area contributed by atoms with E-state index < -0.39 is 6.17 Å². The van der Waals surface area contributed by atoms with Crippen molar-refractivity contribution in [3.05, 3.63) is 60.9 Å². The SMILES string of the molecule is CCCCCCCOc1ccc(-c2cnc(-c3ccc(OCC(F)CCC)cc3)nc2)cc1. The molecule has 1 atom stereocenters. The number of nitrogens with zero attached hydrogens (tertiary/aromatic N) is 2. The monoisotopic (exact) mass is 450 g/mol. The van der Waals surface area contributed by atoms with Crippen molar-refractivity contribution in [2.45, 2.75) is 65.0 Å². The Labute approximate surface area is 197 Å². The van der Waals surface area contributed by atoms with Gasteiger partial charge in [-0.05, 0) is 54.8 Å². The van der Waals surface area contributed by atoms with E-state index in [1.54, 1.807) is 0 Å². The molecule has 0 aliphatic heterocycles. The van der Waals surface area contributed by atoms with E-state index in [4.69, 9.17) is 9.47 Å². The highest BCUT2D eigenvalue weighted by Gasteiger charge is 2.07. The van der Waals surface area contributed by atoms with E-state index >= 15 is 0 Å². The summed E-state index contributed by atoms with van der Waals surface area (Å²) in [5, 5.41) is 0. The first kappa shape index (κ1) is 24.7. The summed E-state index contributed by atoms with van der Waals surface area (Å²) in [6.45, 7) is 5.04. The van der Waals surface area contributed by atoms with Gasteiger partial charge in [-0.3, -0.25) is 0 Å². The fraction of sp³-hybridized carbons (Fsp3) is 0.429. The highest BCUT2D eigenvalue weighted by molar-refractivity contribution is 5.64. The fourth-order valence-corrected chi connectivity index (χ4v) is 3.55. The summed E-state index contributed by atoms with van der Waals surface area (Å²) in [5.41, 5.74) is 2.89. The van der Waals surface area contributed by atoms with Crippen LogP contribution < -0.4 is 9.47 Å². The summed E-state index contributed by atoms with van der Waals surface area (Å²) in [6.07, 6.45) is 10.2. The Morgan fingerprint density at radius 1 is 0.697 bits per heavy atom. The van der Waals surface area contributed by atoms with Crippen LogP contribution in [-0.2, 0) is 0 Å². The van der Waals surface area contributed by atoms with Gasteiger partial charge in [0.25, 0.3) is 0 Å². The summed E-state index contributed by atoms with van der Waals surface area (Å²) in [5.74, 6) is 2.18. The van der Waals surface area contributed by atoms with Crippen molar-refractivity contribution in [3.8, 4) is 34.0 Å². The van der Waals surface area contributed by atoms with E-state index in [1.807, 2.05) is 67.8 Å². The van der Waals surface area contributed by atoms with E-state index in [2.05, 4.69) is 16.9 Å². The molecule has 0 fully saturated rings. The first-order chi connectivity index (χ1) is 16.2. The van der Waals surface area contributed by atoms with Crippen LogP contribution in [-0.4, -0.2) is 29.4 Å². The Kier molecular flexibility index (Phi) is 10.1. The maximum Gasteiger partial charge on any atom is 0.159 e. The van der Waals surface area contributed by atoms with Crippen LogP contribution in [0.1, 0.15) is 58.8 Å². The Hall–Kier alpha value is -2.95. The highest BCUT2D eigenvalue weighted by atomic mass is 19.1. The minimum absolute atomic E-state index is 0.0845. The van der Waals surface area contributed by atoms with Crippen LogP contribution in [0.2, 0.25) is 0 Å². The molecule has 0 saturated heterocycles. The topological polar surface area (TPSA) is 44.2 Å². The molecule has 3 aromatic rings. The summed E-state index contributed by atoms with van der Waals surface area (Å²) in [7, 11) is 0. The molecule has 0 N–H and O–H groups in total. The van der Waals surface area contributed by atoms with E-state index in [1.165, 1.54) is 25.7 Å². The Balaban J connectivity index is 1.51. The lowest BCUT2D eigenvalue weighted by Crippen LogP contribution is -2.12. The minimum Gasteiger partial charge on any atom is -0.494 e. The third kappa shape index (κ3) is 8.16. The quantitative estimate of drug-likeness (QED) is 0.236. The van der Waals surface area contributed by atoms with Gasteiger partial charge in [-0.2, -0.15) is 0 Å². The van der Waals surface area contributed by atoms with Crippen molar-refractivity contribution >= 4 is 0 Å². The molecule has 5 heteroatoms.